The van der Waals surface area contributed by atoms with Gasteiger partial charge in [-0.3, -0.25) is 29.1 Å². The predicted octanol–water partition coefficient (Wildman–Crippen LogP) is 1.17. The van der Waals surface area contributed by atoms with Crippen molar-refractivity contribution < 1.29 is 14.4 Å². The van der Waals surface area contributed by atoms with E-state index in [1.54, 1.807) is 30.7 Å². The summed E-state index contributed by atoms with van der Waals surface area (Å²) in [6, 6.07) is 8.33. The Kier molecular flexibility index (Phi) is 4.47. The Morgan fingerprint density at radius 2 is 1.83 bits per heavy atom. The number of hydrogen-bond acceptors (Lipinski definition) is 6. The van der Waals surface area contributed by atoms with E-state index in [0.717, 1.165) is 22.1 Å². The molecule has 0 spiro atoms. The molecule has 0 unspecified atom stereocenters. The quantitative estimate of drug-likeness (QED) is 0.670. The number of nitrogens with one attached hydrogen (secondary N) is 1. The van der Waals surface area contributed by atoms with Crippen LogP contribution in [-0.2, 0) is 11.3 Å². The molecule has 1 aliphatic heterocycles. The molecule has 4 rings (SSSR count). The van der Waals surface area contributed by atoms with Gasteiger partial charge in [0.2, 0.25) is 5.91 Å². The third kappa shape index (κ3) is 3.29. The maximum absolute atomic E-state index is 12.4. The van der Waals surface area contributed by atoms with Gasteiger partial charge in [-0.15, -0.1) is 0 Å². The Labute approximate surface area is 164 Å². The molecule has 0 radical (unpaired) electrons. The number of nitrogens with zero attached hydrogens (tertiary/aromatic N) is 4. The average Bonchev–Trinajstić information content (AvgIpc) is 2.96. The molecule has 0 fully saturated rings. The zero-order chi connectivity index (χ0) is 20.5. The highest BCUT2D eigenvalue weighted by Crippen LogP contribution is 2.20. The molecule has 3 aromatic heterocycles. The zero-order valence-electron chi connectivity index (χ0n) is 15.3. The highest BCUT2D eigenvalue weighted by atomic mass is 16.2. The summed E-state index contributed by atoms with van der Waals surface area (Å²) in [5, 5.41) is 2.64. The summed E-state index contributed by atoms with van der Waals surface area (Å²) in [5.74, 6) is -1.40. The molecule has 9 nitrogen and oxygen atoms in total. The van der Waals surface area contributed by atoms with Gasteiger partial charge in [0.25, 0.3) is 11.8 Å². The molecule has 9 heteroatoms. The SMILES string of the molecule is CN1C(=O)c2c(n(CC(=O)Nc3ccc(-c4cccnc4)cn3)ccc2=O)C1=O. The first-order chi connectivity index (χ1) is 14.0. The first-order valence-corrected chi connectivity index (χ1v) is 8.68. The van der Waals surface area contributed by atoms with Crippen molar-refractivity contribution in [3.05, 3.63) is 76.6 Å². The van der Waals surface area contributed by atoms with Crippen LogP contribution in [0.25, 0.3) is 11.1 Å². The number of imide groups is 1. The monoisotopic (exact) mass is 389 g/mol. The van der Waals surface area contributed by atoms with E-state index >= 15 is 0 Å². The average molecular weight is 389 g/mol. The standard InChI is InChI=1S/C20H15N5O4/c1-24-19(28)17-14(26)6-8-25(18(17)20(24)29)11-16(27)23-15-5-4-13(10-22-15)12-3-2-7-21-9-12/h2-10H,11H2,1H3,(H,22,23,27). The lowest BCUT2D eigenvalue weighted by Gasteiger charge is -2.11. The van der Waals surface area contributed by atoms with Crippen molar-refractivity contribution in [1.29, 1.82) is 0 Å². The van der Waals surface area contributed by atoms with Crippen molar-refractivity contribution in [3.63, 3.8) is 0 Å². The third-order valence-corrected chi connectivity index (χ3v) is 4.54. The molecule has 0 aliphatic carbocycles. The van der Waals surface area contributed by atoms with Crippen molar-refractivity contribution >= 4 is 23.5 Å². The summed E-state index contributed by atoms with van der Waals surface area (Å²) in [7, 11) is 1.29. The molecule has 1 aliphatic rings. The van der Waals surface area contributed by atoms with Gasteiger partial charge in [0, 0.05) is 49.0 Å². The molecule has 4 heterocycles. The molecule has 3 aromatic rings. The lowest BCUT2D eigenvalue weighted by atomic mass is 10.1. The van der Waals surface area contributed by atoms with Crippen LogP contribution in [0.1, 0.15) is 20.8 Å². The van der Waals surface area contributed by atoms with Crippen molar-refractivity contribution in [3.8, 4) is 11.1 Å². The van der Waals surface area contributed by atoms with E-state index in [1.807, 2.05) is 12.1 Å². The van der Waals surface area contributed by atoms with Crippen LogP contribution >= 0.6 is 0 Å². The van der Waals surface area contributed by atoms with Gasteiger partial charge in [0.15, 0.2) is 5.43 Å². The number of anilines is 1. The topological polar surface area (TPSA) is 114 Å². The minimum atomic E-state index is -0.669. The number of carbonyl (C=O) groups is 3. The van der Waals surface area contributed by atoms with Crippen LogP contribution in [0.4, 0.5) is 5.82 Å². The third-order valence-electron chi connectivity index (χ3n) is 4.54. The molecule has 1 N–H and O–H groups in total. The van der Waals surface area contributed by atoms with E-state index in [-0.39, 0.29) is 17.8 Å². The fraction of sp³-hybridized carbons (Fsp3) is 0.100. The fourth-order valence-corrected chi connectivity index (χ4v) is 3.07. The smallest absolute Gasteiger partial charge is 0.278 e. The number of rotatable bonds is 4. The van der Waals surface area contributed by atoms with Gasteiger partial charge in [-0.05, 0) is 18.2 Å². The fourth-order valence-electron chi connectivity index (χ4n) is 3.07. The van der Waals surface area contributed by atoms with Crippen molar-refractivity contribution in [1.82, 2.24) is 19.4 Å². The van der Waals surface area contributed by atoms with Gasteiger partial charge >= 0.3 is 0 Å². The first-order valence-electron chi connectivity index (χ1n) is 8.68. The summed E-state index contributed by atoms with van der Waals surface area (Å²) in [6.07, 6.45) is 6.32. The van der Waals surface area contributed by atoms with Crippen LogP contribution in [0.3, 0.4) is 0 Å². The molecule has 0 saturated heterocycles. The van der Waals surface area contributed by atoms with E-state index in [2.05, 4.69) is 15.3 Å². The van der Waals surface area contributed by atoms with E-state index in [4.69, 9.17) is 0 Å². The van der Waals surface area contributed by atoms with Gasteiger partial charge in [0.1, 0.15) is 23.6 Å². The lowest BCUT2D eigenvalue weighted by molar-refractivity contribution is -0.116. The molecule has 144 valence electrons. The number of carbonyl (C=O) groups excluding carboxylic acids is 3. The van der Waals surface area contributed by atoms with Crippen molar-refractivity contribution in [2.24, 2.45) is 0 Å². The second-order valence-corrected chi connectivity index (χ2v) is 6.42. The normalized spacial score (nSPS) is 12.8. The molecule has 3 amide bonds. The number of hydrogen-bond donors (Lipinski definition) is 1. The zero-order valence-corrected chi connectivity index (χ0v) is 15.3. The van der Waals surface area contributed by atoms with Crippen molar-refractivity contribution in [2.45, 2.75) is 6.54 Å². The molecular formula is C20H15N5O4. The maximum Gasteiger partial charge on any atom is 0.278 e. The second-order valence-electron chi connectivity index (χ2n) is 6.42. The molecule has 0 saturated carbocycles. The highest BCUT2D eigenvalue weighted by Gasteiger charge is 2.37. The van der Waals surface area contributed by atoms with Gasteiger partial charge in [-0.1, -0.05) is 6.07 Å². The molecule has 0 aromatic carbocycles. The van der Waals surface area contributed by atoms with Gasteiger partial charge in [0.05, 0.1) is 0 Å². The number of fused-ring (bicyclic) bond motifs is 1. The van der Waals surface area contributed by atoms with E-state index < -0.39 is 23.2 Å². The second kappa shape index (κ2) is 7.12. The largest absolute Gasteiger partial charge is 0.333 e. The summed E-state index contributed by atoms with van der Waals surface area (Å²) in [6.45, 7) is -0.249. The van der Waals surface area contributed by atoms with E-state index in [9.17, 15) is 19.2 Å². The summed E-state index contributed by atoms with van der Waals surface area (Å²) in [4.78, 5) is 57.9. The predicted molar refractivity (Wildman–Crippen MR) is 103 cm³/mol. The minimum absolute atomic E-state index is 0.0833. The Balaban J connectivity index is 1.52. The first kappa shape index (κ1) is 18.2. The maximum atomic E-state index is 12.4. The van der Waals surface area contributed by atoms with Gasteiger partial charge in [-0.2, -0.15) is 0 Å². The summed E-state index contributed by atoms with van der Waals surface area (Å²) >= 11 is 0. The van der Waals surface area contributed by atoms with Crippen LogP contribution in [-0.4, -0.2) is 44.2 Å². The minimum Gasteiger partial charge on any atom is -0.333 e. The molecule has 0 bridgehead atoms. The molecular weight excluding hydrogens is 374 g/mol. The van der Waals surface area contributed by atoms with Crippen LogP contribution in [0.5, 0.6) is 0 Å². The Hall–Kier alpha value is -4.14. The number of aromatic nitrogens is 3. The van der Waals surface area contributed by atoms with E-state index in [0.29, 0.717) is 5.82 Å². The molecule has 0 atom stereocenters. The summed E-state index contributed by atoms with van der Waals surface area (Å²) < 4.78 is 1.29. The van der Waals surface area contributed by atoms with Gasteiger partial charge < -0.3 is 9.88 Å². The number of amides is 3. The van der Waals surface area contributed by atoms with Crippen LogP contribution < -0.4 is 10.7 Å². The van der Waals surface area contributed by atoms with Crippen LogP contribution in [0, 0.1) is 0 Å². The van der Waals surface area contributed by atoms with Crippen LogP contribution in [0.15, 0.2) is 59.9 Å². The van der Waals surface area contributed by atoms with E-state index in [1.165, 1.54) is 17.8 Å². The van der Waals surface area contributed by atoms with Crippen molar-refractivity contribution in [2.75, 3.05) is 12.4 Å². The number of pyridine rings is 3. The Morgan fingerprint density at radius 3 is 2.52 bits per heavy atom. The molecule has 29 heavy (non-hydrogen) atoms. The highest BCUT2D eigenvalue weighted by molar-refractivity contribution is 6.20. The Morgan fingerprint density at radius 1 is 1.03 bits per heavy atom. The lowest BCUT2D eigenvalue weighted by Crippen LogP contribution is -2.26. The summed E-state index contributed by atoms with van der Waals surface area (Å²) in [5.41, 5.74) is 0.897. The van der Waals surface area contributed by atoms with Gasteiger partial charge in [-0.25, -0.2) is 4.98 Å². The van der Waals surface area contributed by atoms with Crippen LogP contribution in [0.2, 0.25) is 0 Å². The Bertz CT molecular complexity index is 1190.